The number of aromatic nitrogens is 3. The molecule has 7 heteroatoms. The van der Waals surface area contributed by atoms with Gasteiger partial charge in [0.2, 0.25) is 0 Å². The van der Waals surface area contributed by atoms with Gasteiger partial charge in [-0.25, -0.2) is 4.98 Å². The molecule has 0 bridgehead atoms. The van der Waals surface area contributed by atoms with Gasteiger partial charge in [-0.3, -0.25) is 0 Å². The van der Waals surface area contributed by atoms with Crippen LogP contribution in [0.25, 0.3) is 0 Å². The van der Waals surface area contributed by atoms with E-state index in [2.05, 4.69) is 14.6 Å². The lowest BCUT2D eigenvalue weighted by Crippen LogP contribution is -1.82. The third-order valence-electron chi connectivity index (χ3n) is 1.85. The highest BCUT2D eigenvalue weighted by atomic mass is 35.5. The molecule has 0 saturated heterocycles. The molecule has 0 aliphatic heterocycles. The van der Waals surface area contributed by atoms with Gasteiger partial charge in [0.05, 0.1) is 5.69 Å². The molecule has 0 N–H and O–H groups in total. The standard InChI is InChI=1S/C8H8ClN3OS2/c1-4-5(2)13-8(10-4)14-3-6-7(9)15-12-11-6/h3H2,1-2H3. The Kier molecular flexibility index (Phi) is 3.28. The van der Waals surface area contributed by atoms with Crippen LogP contribution in [-0.4, -0.2) is 14.6 Å². The number of halogens is 1. The molecular weight excluding hydrogens is 254 g/mol. The second-order valence-corrected chi connectivity index (χ2v) is 5.19. The molecule has 2 heterocycles. The van der Waals surface area contributed by atoms with E-state index in [0.717, 1.165) is 17.1 Å². The number of oxazole rings is 1. The first kappa shape index (κ1) is 10.9. The van der Waals surface area contributed by atoms with E-state index in [4.69, 9.17) is 16.0 Å². The average molecular weight is 262 g/mol. The minimum absolute atomic E-state index is 0.627. The Balaban J connectivity index is 2.02. The summed E-state index contributed by atoms with van der Waals surface area (Å²) in [7, 11) is 0. The zero-order chi connectivity index (χ0) is 10.8. The molecule has 0 amide bonds. The maximum Gasteiger partial charge on any atom is 0.256 e. The molecule has 0 radical (unpaired) electrons. The van der Waals surface area contributed by atoms with Gasteiger partial charge < -0.3 is 4.42 Å². The van der Waals surface area contributed by atoms with Crippen LogP contribution in [0.5, 0.6) is 0 Å². The minimum atomic E-state index is 0.627. The number of hydrogen-bond donors (Lipinski definition) is 0. The van der Waals surface area contributed by atoms with Crippen molar-refractivity contribution in [2.45, 2.75) is 24.8 Å². The van der Waals surface area contributed by atoms with Gasteiger partial charge in [-0.1, -0.05) is 27.9 Å². The predicted molar refractivity (Wildman–Crippen MR) is 60.5 cm³/mol. The first-order valence-corrected chi connectivity index (χ1v) is 6.34. The van der Waals surface area contributed by atoms with E-state index >= 15 is 0 Å². The molecule has 0 unspecified atom stereocenters. The minimum Gasteiger partial charge on any atom is -0.437 e. The number of nitrogens with zero attached hydrogens (tertiary/aromatic N) is 3. The monoisotopic (exact) mass is 261 g/mol. The molecule has 0 aliphatic carbocycles. The zero-order valence-corrected chi connectivity index (χ0v) is 10.5. The lowest BCUT2D eigenvalue weighted by atomic mass is 10.4. The van der Waals surface area contributed by atoms with Gasteiger partial charge in [0.15, 0.2) is 0 Å². The largest absolute Gasteiger partial charge is 0.437 e. The molecule has 0 aromatic carbocycles. The van der Waals surface area contributed by atoms with Crippen molar-refractivity contribution in [3.8, 4) is 0 Å². The van der Waals surface area contributed by atoms with Crippen LogP contribution in [0.3, 0.4) is 0 Å². The first-order valence-electron chi connectivity index (χ1n) is 4.20. The molecule has 0 atom stereocenters. The summed E-state index contributed by atoms with van der Waals surface area (Å²) in [5.74, 6) is 1.48. The highest BCUT2D eigenvalue weighted by Crippen LogP contribution is 2.27. The second kappa shape index (κ2) is 4.51. The van der Waals surface area contributed by atoms with Crippen LogP contribution >= 0.6 is 34.9 Å². The summed E-state index contributed by atoms with van der Waals surface area (Å²) >= 11 is 8.53. The summed E-state index contributed by atoms with van der Waals surface area (Å²) in [5, 5.41) is 4.55. The number of hydrogen-bond acceptors (Lipinski definition) is 6. The zero-order valence-electron chi connectivity index (χ0n) is 8.15. The predicted octanol–water partition coefficient (Wildman–Crippen LogP) is 3.09. The lowest BCUT2D eigenvalue weighted by molar-refractivity contribution is 0.431. The molecule has 4 nitrogen and oxygen atoms in total. The SMILES string of the molecule is Cc1nc(SCc2nnsc2Cl)oc1C. The molecule has 2 aromatic heterocycles. The molecule has 2 aromatic rings. The average Bonchev–Trinajstić information content (AvgIpc) is 2.72. The topological polar surface area (TPSA) is 51.8 Å². The fraction of sp³-hybridized carbons (Fsp3) is 0.375. The van der Waals surface area contributed by atoms with Gasteiger partial charge in [0, 0.05) is 17.3 Å². The van der Waals surface area contributed by atoms with E-state index in [9.17, 15) is 0 Å². The van der Waals surface area contributed by atoms with Crippen LogP contribution in [0.2, 0.25) is 4.34 Å². The number of thioether (sulfide) groups is 1. The number of aryl methyl sites for hydroxylation is 2. The van der Waals surface area contributed by atoms with Crippen LogP contribution in [0.4, 0.5) is 0 Å². The third-order valence-corrected chi connectivity index (χ3v) is 3.67. The molecular formula is C8H8ClN3OS2. The van der Waals surface area contributed by atoms with E-state index in [0.29, 0.717) is 15.3 Å². The maximum atomic E-state index is 5.87. The van der Waals surface area contributed by atoms with Gasteiger partial charge >= 0.3 is 0 Å². The molecule has 0 saturated carbocycles. The van der Waals surface area contributed by atoms with Crippen molar-refractivity contribution in [2.75, 3.05) is 0 Å². The van der Waals surface area contributed by atoms with Crippen molar-refractivity contribution in [1.29, 1.82) is 0 Å². The first-order chi connectivity index (χ1) is 7.16. The van der Waals surface area contributed by atoms with Crippen molar-refractivity contribution >= 4 is 34.9 Å². The van der Waals surface area contributed by atoms with E-state index in [1.807, 2.05) is 13.8 Å². The fourth-order valence-corrected chi connectivity index (χ4v) is 2.56. The Morgan fingerprint density at radius 2 is 2.27 bits per heavy atom. The Bertz CT molecular complexity index is 449. The number of rotatable bonds is 3. The van der Waals surface area contributed by atoms with E-state index in [-0.39, 0.29) is 0 Å². The second-order valence-electron chi connectivity index (χ2n) is 2.90. The summed E-state index contributed by atoms with van der Waals surface area (Å²) < 4.78 is 9.80. The highest BCUT2D eigenvalue weighted by Gasteiger charge is 2.10. The van der Waals surface area contributed by atoms with Crippen molar-refractivity contribution in [3.05, 3.63) is 21.5 Å². The summed E-state index contributed by atoms with van der Waals surface area (Å²) in [6.45, 7) is 3.81. The lowest BCUT2D eigenvalue weighted by Gasteiger charge is -1.92. The normalized spacial score (nSPS) is 10.9. The summed E-state index contributed by atoms with van der Waals surface area (Å²) in [6, 6.07) is 0. The van der Waals surface area contributed by atoms with Crippen LogP contribution < -0.4 is 0 Å². The van der Waals surface area contributed by atoms with Crippen molar-refractivity contribution in [1.82, 2.24) is 14.6 Å². The van der Waals surface area contributed by atoms with Gasteiger partial charge in [-0.15, -0.1) is 5.10 Å². The van der Waals surface area contributed by atoms with Crippen molar-refractivity contribution < 1.29 is 4.42 Å². The summed E-state index contributed by atoms with van der Waals surface area (Å²) in [6.07, 6.45) is 0. The van der Waals surface area contributed by atoms with Crippen molar-refractivity contribution in [3.63, 3.8) is 0 Å². The summed E-state index contributed by atoms with van der Waals surface area (Å²) in [4.78, 5) is 4.25. The Labute approximate surface area is 100 Å². The molecule has 0 spiro atoms. The maximum absolute atomic E-state index is 5.87. The Morgan fingerprint density at radius 3 is 2.80 bits per heavy atom. The van der Waals surface area contributed by atoms with E-state index < -0.39 is 0 Å². The molecule has 80 valence electrons. The van der Waals surface area contributed by atoms with Gasteiger partial charge in [0.25, 0.3) is 5.22 Å². The Morgan fingerprint density at radius 1 is 1.47 bits per heavy atom. The van der Waals surface area contributed by atoms with Crippen LogP contribution in [-0.2, 0) is 5.75 Å². The fourth-order valence-electron chi connectivity index (χ4n) is 0.918. The Hall–Kier alpha value is -0.590. The molecule has 0 fully saturated rings. The van der Waals surface area contributed by atoms with Crippen molar-refractivity contribution in [2.24, 2.45) is 0 Å². The van der Waals surface area contributed by atoms with Crippen LogP contribution in [0.15, 0.2) is 9.64 Å². The third kappa shape index (κ3) is 2.50. The van der Waals surface area contributed by atoms with Gasteiger partial charge in [-0.2, -0.15) is 0 Å². The molecule has 2 rings (SSSR count). The van der Waals surface area contributed by atoms with Crippen LogP contribution in [0.1, 0.15) is 17.1 Å². The quantitative estimate of drug-likeness (QED) is 0.795. The van der Waals surface area contributed by atoms with Gasteiger partial charge in [-0.05, 0) is 13.8 Å². The summed E-state index contributed by atoms with van der Waals surface area (Å²) in [5.41, 5.74) is 1.69. The smallest absolute Gasteiger partial charge is 0.256 e. The molecule has 0 aliphatic rings. The van der Waals surface area contributed by atoms with E-state index in [1.165, 1.54) is 23.3 Å². The van der Waals surface area contributed by atoms with E-state index in [1.54, 1.807) is 0 Å². The van der Waals surface area contributed by atoms with Gasteiger partial charge in [0.1, 0.15) is 15.8 Å². The molecule has 15 heavy (non-hydrogen) atoms. The highest BCUT2D eigenvalue weighted by molar-refractivity contribution is 7.98. The van der Waals surface area contributed by atoms with Crippen LogP contribution in [0, 0.1) is 13.8 Å².